The lowest BCUT2D eigenvalue weighted by Gasteiger charge is -2.57. The number of rotatable bonds is 11. The Kier molecular flexibility index (Phi) is 39.9. The lowest BCUT2D eigenvalue weighted by atomic mass is 9.47. The van der Waals surface area contributed by atoms with Gasteiger partial charge in [-0.1, -0.05) is 344 Å². The number of benzene rings is 8. The number of phenols is 8. The van der Waals surface area contributed by atoms with Crippen LogP contribution in [0.3, 0.4) is 0 Å². The number of hydrogen-bond acceptors (Lipinski definition) is 11. The average molecular weight is 1920 g/mol. The molecule has 0 amide bonds. The molecule has 0 spiro atoms. The van der Waals surface area contributed by atoms with E-state index < -0.39 is 22.4 Å². The van der Waals surface area contributed by atoms with Gasteiger partial charge in [0.2, 0.25) is 0 Å². The summed E-state index contributed by atoms with van der Waals surface area (Å²) in [5.74, 6) is 6.71. The summed E-state index contributed by atoms with van der Waals surface area (Å²) in [4.78, 5) is 12.6. The second kappa shape index (κ2) is 45.2. The Morgan fingerprint density at radius 2 is 0.695 bits per heavy atom. The summed E-state index contributed by atoms with van der Waals surface area (Å²) in [6.45, 7) is 77.6. The number of phenolic OH excluding ortho intramolecular Hbond substituents is 8. The molecular weight excluding hydrogens is 1750 g/mol. The topological polar surface area (TPSA) is 208 Å². The number of nitro benzene ring substituents is 1. The summed E-state index contributed by atoms with van der Waals surface area (Å²) in [6, 6.07) is 32.9. The summed E-state index contributed by atoms with van der Waals surface area (Å²) in [5, 5.41) is 92.8. The second-order valence-electron chi connectivity index (χ2n) is 46.9. The van der Waals surface area contributed by atoms with Gasteiger partial charge in [0.05, 0.1) is 15.5 Å². The maximum atomic E-state index is 12.3. The van der Waals surface area contributed by atoms with Crippen molar-refractivity contribution in [2.45, 2.75) is 392 Å². The largest absolute Gasteiger partial charge is 0.508 e. The normalized spacial score (nSPS) is 16.3. The smallest absolute Gasteiger partial charge is 0.419 e. The van der Waals surface area contributed by atoms with Gasteiger partial charge in [0.25, 0.3) is 5.69 Å². The number of non-ortho nitro benzene ring substituents is 1. The third-order valence-corrected chi connectivity index (χ3v) is 26.2. The molecule has 0 heterocycles. The fraction of sp³-hybridized carbons (Fsp3) is 0.575. The number of halogens is 6. The molecule has 4 bridgehead atoms. The quantitative estimate of drug-likeness (QED) is 0.0451. The van der Waals surface area contributed by atoms with Crippen LogP contribution in [0.5, 0.6) is 46.0 Å². The van der Waals surface area contributed by atoms with Crippen LogP contribution in [0.15, 0.2) is 114 Å². The Bertz CT molecular complexity index is 5100. The van der Waals surface area contributed by atoms with E-state index in [9.17, 15) is 64.1 Å². The van der Waals surface area contributed by atoms with Gasteiger partial charge in [0.15, 0.2) is 0 Å². The van der Waals surface area contributed by atoms with Crippen molar-refractivity contribution in [1.29, 1.82) is 0 Å². The standard InChI is InChI=1S/C23H34O.C17H28O.C15H25NO.C13H19BrO.C13H19NO3.C13H20O.C10H11F3O.C9H10Cl2O/c1-14(2)19-9-18(22(3,4)5)10-20(21(19)24)23-11-15-6-16(12-23)8-17(7-15)13-23;1-11(2)13-9-12(16(3,4)5)10-14(15(13)18)17(6,7)8;1-10(2)12-8-11(16(6)7)9-13(14(12)17)15(3,4)5;1-8(2)10-6-9(14)7-11(12(10)15)13(3,4)5;1-8(2)10-6-9(14(16)17)7-11(12(10)15)13(3,4)5;1-9(2)11-8-10(13(3,4)5)6-7-12(11)14;1-6(2)7-4-3-5-8(9(7)14)10(11,12)13;1-5(2)7-3-6(10)4-8(11)9(7)12/h9-10,14-17,24H,6-8,11-13H2,1-5H3;9-11,18H,1-8H3;8-10,17H,1-7H3;6-8,15H,1-5H3;6-8,15H,1-5H3;6-9,14H,1-5H3;3-6,14H,1-2H3;3-5,12H,1-2H3. The van der Waals surface area contributed by atoms with Crippen LogP contribution in [0.4, 0.5) is 24.5 Å². The Morgan fingerprint density at radius 1 is 0.366 bits per heavy atom. The molecule has 8 N–H and O–H groups in total. The summed E-state index contributed by atoms with van der Waals surface area (Å²) >= 11 is 15.0. The molecule has 18 heteroatoms. The zero-order valence-electron chi connectivity index (χ0n) is 87.0. The van der Waals surface area contributed by atoms with Crippen LogP contribution in [0.1, 0.15) is 437 Å². The molecule has 131 heavy (non-hydrogen) atoms. The highest BCUT2D eigenvalue weighted by Gasteiger charge is 2.53. The average Bonchev–Trinajstić information content (AvgIpc) is 0.721. The van der Waals surface area contributed by atoms with Gasteiger partial charge >= 0.3 is 6.18 Å². The molecular formula is C113H166BrCl2F3N2O10. The Hall–Kier alpha value is -7.79. The summed E-state index contributed by atoms with van der Waals surface area (Å²) in [7, 11) is 4.06. The fourth-order valence-electron chi connectivity index (χ4n) is 17.5. The fourth-order valence-corrected chi connectivity index (χ4v) is 18.5. The van der Waals surface area contributed by atoms with Crippen molar-refractivity contribution in [2.24, 2.45) is 17.8 Å². The SMILES string of the molecule is CC(C)c1cc(Br)cc(C(C)(C)C)c1O.CC(C)c1cc(C(C)(C)C)cc(C(C)(C)C)c1O.CC(C)c1cc(C(C)(C)C)cc(C23CC4CC(CC(C4)C2)C3)c1O.CC(C)c1cc(C(C)(C)C)ccc1O.CC(C)c1cc(Cl)cc(Cl)c1O.CC(C)c1cc(N(C)C)cc(C(C)(C)C)c1O.CC(C)c1cc([N+](=O)[O-])cc(C(C)(C)C)c1O.CC(C)c1cccc(C(F)(F)F)c1O. The van der Waals surface area contributed by atoms with Crippen LogP contribution in [-0.4, -0.2) is 59.9 Å². The van der Waals surface area contributed by atoms with Gasteiger partial charge in [0, 0.05) is 69.2 Å². The van der Waals surface area contributed by atoms with E-state index in [0.717, 1.165) is 84.1 Å². The number of para-hydroxylation sites is 1. The number of hydrogen-bond donors (Lipinski definition) is 8. The predicted octanol–water partition coefficient (Wildman–Crippen LogP) is 34.7. The minimum atomic E-state index is -4.49. The lowest BCUT2D eigenvalue weighted by molar-refractivity contribution is -0.385. The molecule has 4 aliphatic rings. The van der Waals surface area contributed by atoms with Crippen LogP contribution in [0, 0.1) is 27.9 Å². The molecule has 0 unspecified atom stereocenters. The van der Waals surface area contributed by atoms with Gasteiger partial charge in [-0.15, -0.1) is 0 Å². The maximum Gasteiger partial charge on any atom is 0.419 e. The number of alkyl halides is 3. The molecule has 0 aliphatic heterocycles. The van der Waals surface area contributed by atoms with Crippen LogP contribution < -0.4 is 4.90 Å². The second-order valence-corrected chi connectivity index (χ2v) is 48.6. The third-order valence-electron chi connectivity index (χ3n) is 25.2. The molecule has 12 rings (SSSR count). The van der Waals surface area contributed by atoms with Gasteiger partial charge in [-0.2, -0.15) is 13.2 Å². The van der Waals surface area contributed by atoms with Crippen molar-refractivity contribution in [3.8, 4) is 46.0 Å². The highest BCUT2D eigenvalue weighted by atomic mass is 79.9. The van der Waals surface area contributed by atoms with E-state index >= 15 is 0 Å². The first kappa shape index (κ1) is 116. The molecule has 4 fully saturated rings. The van der Waals surface area contributed by atoms with Crippen LogP contribution in [0.25, 0.3) is 0 Å². The van der Waals surface area contributed by atoms with Gasteiger partial charge < -0.3 is 45.8 Å². The third kappa shape index (κ3) is 31.7. The number of anilines is 1. The van der Waals surface area contributed by atoms with Crippen molar-refractivity contribution in [3.63, 3.8) is 0 Å². The molecule has 4 saturated carbocycles. The first-order chi connectivity index (χ1) is 59.3. The van der Waals surface area contributed by atoms with Gasteiger partial charge in [-0.05, 0) is 257 Å². The maximum absolute atomic E-state index is 12.3. The predicted molar refractivity (Wildman–Crippen MR) is 552 cm³/mol. The van der Waals surface area contributed by atoms with E-state index in [-0.39, 0.29) is 78.3 Å². The van der Waals surface area contributed by atoms with E-state index in [4.69, 9.17) is 23.2 Å². The van der Waals surface area contributed by atoms with Crippen molar-refractivity contribution >= 4 is 50.5 Å². The monoisotopic (exact) mass is 1920 g/mol. The van der Waals surface area contributed by atoms with Gasteiger partial charge in [-0.25, -0.2) is 0 Å². The number of nitro groups is 1. The molecule has 730 valence electrons. The molecule has 0 aromatic heterocycles. The van der Waals surface area contributed by atoms with Crippen molar-refractivity contribution in [2.75, 3.05) is 19.0 Å². The molecule has 12 nitrogen and oxygen atoms in total. The van der Waals surface area contributed by atoms with E-state index in [1.807, 2.05) is 80.8 Å². The highest BCUT2D eigenvalue weighted by molar-refractivity contribution is 9.10. The van der Waals surface area contributed by atoms with Gasteiger partial charge in [0.1, 0.15) is 46.0 Å². The van der Waals surface area contributed by atoms with Crippen LogP contribution >= 0.6 is 39.1 Å². The Labute approximate surface area is 806 Å². The van der Waals surface area contributed by atoms with E-state index in [1.54, 1.807) is 26.0 Å². The van der Waals surface area contributed by atoms with E-state index in [0.29, 0.717) is 85.1 Å². The first-order valence-electron chi connectivity index (χ1n) is 47.1. The molecule has 8 aromatic carbocycles. The lowest BCUT2D eigenvalue weighted by Crippen LogP contribution is -2.48. The summed E-state index contributed by atoms with van der Waals surface area (Å²) < 4.78 is 38.0. The van der Waals surface area contributed by atoms with Crippen molar-refractivity contribution in [1.82, 2.24) is 0 Å². The summed E-state index contributed by atoms with van der Waals surface area (Å²) in [5.41, 5.74) is 16.5. The molecule has 0 atom stereocenters. The van der Waals surface area contributed by atoms with Crippen molar-refractivity contribution < 1.29 is 58.9 Å². The zero-order valence-corrected chi connectivity index (χ0v) is 90.1. The summed E-state index contributed by atoms with van der Waals surface area (Å²) in [6.07, 6.45) is 3.82. The Morgan fingerprint density at radius 3 is 1.06 bits per heavy atom. The Balaban J connectivity index is 0.000000316. The minimum absolute atomic E-state index is 0.0303. The molecule has 0 saturated heterocycles. The van der Waals surface area contributed by atoms with Crippen LogP contribution in [0.2, 0.25) is 10.0 Å². The van der Waals surface area contributed by atoms with Gasteiger partial charge in [-0.3, -0.25) is 10.1 Å². The van der Waals surface area contributed by atoms with E-state index in [1.165, 1.54) is 91.1 Å². The highest BCUT2D eigenvalue weighted by Crippen LogP contribution is 2.63. The van der Waals surface area contributed by atoms with Crippen molar-refractivity contribution in [3.05, 3.63) is 228 Å². The molecule has 0 radical (unpaired) electrons. The van der Waals surface area contributed by atoms with E-state index in [2.05, 4.69) is 257 Å². The first-order valence-corrected chi connectivity index (χ1v) is 48.6. The molecule has 4 aliphatic carbocycles. The number of aromatic hydroxyl groups is 8. The molecule has 8 aromatic rings. The number of nitrogens with zero attached hydrogens (tertiary/aromatic N) is 2. The minimum Gasteiger partial charge on any atom is -0.508 e. The van der Waals surface area contributed by atoms with Crippen LogP contribution in [-0.2, 0) is 49.5 Å². The zero-order chi connectivity index (χ0) is 101.